The van der Waals surface area contributed by atoms with Crippen molar-refractivity contribution in [3.8, 4) is 6.07 Å². The molecule has 0 saturated heterocycles. The van der Waals surface area contributed by atoms with Gasteiger partial charge >= 0.3 is 0 Å². The van der Waals surface area contributed by atoms with Crippen molar-refractivity contribution in [1.82, 2.24) is 0 Å². The second kappa shape index (κ2) is 5.38. The average Bonchev–Trinajstić information content (AvgIpc) is 2.68. The molecule has 0 amide bonds. The number of nitrogens with zero attached hydrogens (tertiary/aromatic N) is 2. The minimum Gasteiger partial charge on any atom is -0.290 e. The number of hydrogen-bond donors (Lipinski definition) is 0. The van der Waals surface area contributed by atoms with Crippen molar-refractivity contribution in [2.45, 2.75) is 13.8 Å². The molecule has 20 heavy (non-hydrogen) atoms. The number of ketones is 1. The highest BCUT2D eigenvalue weighted by atomic mass is 16.1. The first-order valence-electron chi connectivity index (χ1n) is 6.10. The van der Waals surface area contributed by atoms with Gasteiger partial charge in [0.05, 0.1) is 12.6 Å². The number of fused-ring (bicyclic) bond motifs is 2. The molecule has 3 nitrogen and oxygen atoms in total. The molecule has 2 rings (SSSR count). The van der Waals surface area contributed by atoms with E-state index in [9.17, 15) is 4.79 Å². The SMILES string of the molecule is [C-]#[N+]/C(C#N)=C1\C(=O)c2cc(C)cccc(C)cc1c2. The van der Waals surface area contributed by atoms with Crippen molar-refractivity contribution in [3.05, 3.63) is 75.8 Å². The molecule has 3 heteroatoms. The van der Waals surface area contributed by atoms with E-state index in [1.165, 1.54) is 0 Å². The molecule has 0 N–H and O–H groups in total. The Labute approximate surface area is 117 Å². The minimum absolute atomic E-state index is 0.154. The van der Waals surface area contributed by atoms with E-state index in [0.29, 0.717) is 11.1 Å². The van der Waals surface area contributed by atoms with Crippen LogP contribution in [0.2, 0.25) is 0 Å². The van der Waals surface area contributed by atoms with E-state index in [1.807, 2.05) is 44.2 Å². The van der Waals surface area contributed by atoms with Crippen LogP contribution in [0, 0.1) is 31.8 Å². The fourth-order valence-electron chi connectivity index (χ4n) is 2.12. The molecular formula is C17H12N2O. The van der Waals surface area contributed by atoms with Gasteiger partial charge in [0, 0.05) is 11.1 Å². The molecule has 1 aromatic carbocycles. The fraction of sp³-hybridized carbons (Fsp3) is 0.118. The summed E-state index contributed by atoms with van der Waals surface area (Å²) in [6.07, 6.45) is 0. The highest BCUT2D eigenvalue weighted by molar-refractivity contribution is 6.33. The summed E-state index contributed by atoms with van der Waals surface area (Å²) in [5.41, 5.74) is 3.09. The summed E-state index contributed by atoms with van der Waals surface area (Å²) in [5, 5.41) is 9.03. The van der Waals surface area contributed by atoms with Crippen molar-refractivity contribution in [2.75, 3.05) is 0 Å². The number of aryl methyl sites for hydroxylation is 2. The Morgan fingerprint density at radius 3 is 2.30 bits per heavy atom. The summed E-state index contributed by atoms with van der Waals surface area (Å²) >= 11 is 0. The summed E-state index contributed by atoms with van der Waals surface area (Å²) in [7, 11) is 0. The third-order valence-electron chi connectivity index (χ3n) is 3.03. The molecule has 0 radical (unpaired) electrons. The molecule has 1 aliphatic carbocycles. The molecule has 0 aliphatic heterocycles. The van der Waals surface area contributed by atoms with Gasteiger partial charge in [-0.2, -0.15) is 0 Å². The molecule has 0 heterocycles. The fourth-order valence-corrected chi connectivity index (χ4v) is 2.12. The Morgan fingerprint density at radius 1 is 1.15 bits per heavy atom. The van der Waals surface area contributed by atoms with Crippen LogP contribution >= 0.6 is 0 Å². The topological polar surface area (TPSA) is 45.2 Å². The maximum atomic E-state index is 12.4. The van der Waals surface area contributed by atoms with Gasteiger partial charge in [0.1, 0.15) is 0 Å². The van der Waals surface area contributed by atoms with Crippen molar-refractivity contribution in [3.63, 3.8) is 0 Å². The Hall–Kier alpha value is -2.91. The van der Waals surface area contributed by atoms with Crippen LogP contribution < -0.4 is 0 Å². The van der Waals surface area contributed by atoms with E-state index < -0.39 is 0 Å². The van der Waals surface area contributed by atoms with Gasteiger partial charge in [-0.25, -0.2) is 10.1 Å². The molecule has 96 valence electrons. The second-order valence-corrected chi connectivity index (χ2v) is 4.63. The predicted molar refractivity (Wildman–Crippen MR) is 77.0 cm³/mol. The lowest BCUT2D eigenvalue weighted by Gasteiger charge is -1.97. The molecule has 0 aromatic heterocycles. The number of carbonyl (C=O) groups excluding carboxylic acids is 1. The molecule has 0 atom stereocenters. The monoisotopic (exact) mass is 260 g/mol. The first kappa shape index (κ1) is 13.5. The van der Waals surface area contributed by atoms with E-state index in [0.717, 1.165) is 11.1 Å². The van der Waals surface area contributed by atoms with Gasteiger partial charge in [-0.3, -0.25) is 4.79 Å². The van der Waals surface area contributed by atoms with Gasteiger partial charge < -0.3 is 0 Å². The van der Waals surface area contributed by atoms with Gasteiger partial charge in [0.2, 0.25) is 0 Å². The zero-order chi connectivity index (χ0) is 14.7. The van der Waals surface area contributed by atoms with E-state index in [-0.39, 0.29) is 17.1 Å². The first-order valence-corrected chi connectivity index (χ1v) is 6.10. The summed E-state index contributed by atoms with van der Waals surface area (Å²) in [6.45, 7) is 10.9. The molecule has 0 fully saturated rings. The van der Waals surface area contributed by atoms with Crippen LogP contribution in [0.3, 0.4) is 0 Å². The molecule has 1 aliphatic rings. The lowest BCUT2D eigenvalue weighted by molar-refractivity contribution is 0.105. The molecule has 0 unspecified atom stereocenters. The maximum Gasteiger partial charge on any atom is 0.273 e. The molecule has 1 aromatic rings. The van der Waals surface area contributed by atoms with E-state index in [4.69, 9.17) is 11.8 Å². The summed E-state index contributed by atoms with van der Waals surface area (Å²) in [5.74, 6) is -0.258. The van der Waals surface area contributed by atoms with Crippen LogP contribution in [0.15, 0.2) is 42.1 Å². The van der Waals surface area contributed by atoms with E-state index in [1.54, 1.807) is 12.1 Å². The van der Waals surface area contributed by atoms with Crippen molar-refractivity contribution in [1.29, 1.82) is 5.26 Å². The van der Waals surface area contributed by atoms with Gasteiger partial charge in [-0.1, -0.05) is 35.4 Å². The van der Waals surface area contributed by atoms with Gasteiger partial charge in [0.15, 0.2) is 5.78 Å². The molecular weight excluding hydrogens is 248 g/mol. The third kappa shape index (κ3) is 2.43. The normalized spacial score (nSPS) is 14.1. The van der Waals surface area contributed by atoms with E-state index >= 15 is 0 Å². The number of Topliss-reactive ketones (excluding diaryl/α,β-unsaturated/α-hetero) is 1. The first-order chi connectivity index (χ1) is 9.56. The maximum absolute atomic E-state index is 12.4. The van der Waals surface area contributed by atoms with Crippen molar-refractivity contribution in [2.24, 2.45) is 0 Å². The van der Waals surface area contributed by atoms with Crippen LogP contribution in [0.25, 0.3) is 10.4 Å². The number of carbonyl (C=O) groups is 1. The predicted octanol–water partition coefficient (Wildman–Crippen LogP) is 3.78. The van der Waals surface area contributed by atoms with Crippen LogP contribution in [0.4, 0.5) is 0 Å². The Balaban J connectivity index is 2.89. The summed E-state index contributed by atoms with van der Waals surface area (Å²) < 4.78 is 0. The van der Waals surface area contributed by atoms with Crippen LogP contribution in [0.1, 0.15) is 27.0 Å². The number of hydrogen-bond acceptors (Lipinski definition) is 2. The Bertz CT molecular complexity index is 757. The summed E-state index contributed by atoms with van der Waals surface area (Å²) in [6, 6.07) is 12.9. The summed E-state index contributed by atoms with van der Waals surface area (Å²) in [4.78, 5) is 15.5. The quantitative estimate of drug-likeness (QED) is 0.405. The molecule has 0 spiro atoms. The Kier molecular flexibility index (Phi) is 3.64. The number of nitriles is 1. The highest BCUT2D eigenvalue weighted by Crippen LogP contribution is 2.30. The van der Waals surface area contributed by atoms with Crippen LogP contribution in [-0.2, 0) is 0 Å². The number of rotatable bonds is 0. The standard InChI is InChI=1S/C17H12N2O/c1-11-5-4-6-12(2)8-14-9-13(7-11)16(17(14)20)15(10-18)19-3/h4-9H,1-2H3/b5-4?,6-4?,11-5?,11-7?,12-6?,12-8?,13-7?,14-8?,16-15-. The largest absolute Gasteiger partial charge is 0.290 e. The molecule has 2 bridgehead atoms. The second-order valence-electron chi connectivity index (χ2n) is 4.63. The Morgan fingerprint density at radius 2 is 1.75 bits per heavy atom. The minimum atomic E-state index is -0.258. The number of allylic oxidation sites excluding steroid dienone is 2. The van der Waals surface area contributed by atoms with Gasteiger partial charge in [0.25, 0.3) is 5.70 Å². The molecule has 0 saturated carbocycles. The zero-order valence-electron chi connectivity index (χ0n) is 11.3. The van der Waals surface area contributed by atoms with Gasteiger partial charge in [-0.15, -0.1) is 0 Å². The third-order valence-corrected chi connectivity index (χ3v) is 3.03. The lowest BCUT2D eigenvalue weighted by atomic mass is 10.1. The van der Waals surface area contributed by atoms with Crippen molar-refractivity contribution >= 4 is 11.4 Å². The average molecular weight is 260 g/mol. The van der Waals surface area contributed by atoms with Crippen molar-refractivity contribution < 1.29 is 4.79 Å². The van der Waals surface area contributed by atoms with Gasteiger partial charge in [-0.05, 0) is 31.5 Å². The van der Waals surface area contributed by atoms with Crippen LogP contribution in [-0.4, -0.2) is 5.78 Å². The highest BCUT2D eigenvalue weighted by Gasteiger charge is 2.24. The van der Waals surface area contributed by atoms with E-state index in [2.05, 4.69) is 4.85 Å². The smallest absolute Gasteiger partial charge is 0.273 e. The lowest BCUT2D eigenvalue weighted by Crippen LogP contribution is -1.96. The zero-order valence-corrected chi connectivity index (χ0v) is 11.3. The van der Waals surface area contributed by atoms with Crippen LogP contribution in [0.5, 0.6) is 0 Å².